The van der Waals surface area contributed by atoms with Crippen LogP contribution in [0.5, 0.6) is 5.75 Å². The molecule has 0 aliphatic heterocycles. The average molecular weight is 294 g/mol. The van der Waals surface area contributed by atoms with Crippen molar-refractivity contribution in [1.29, 1.82) is 0 Å². The molecule has 0 saturated carbocycles. The molecule has 2 aromatic carbocycles. The molecule has 0 saturated heterocycles. The lowest BCUT2D eigenvalue weighted by Crippen LogP contribution is -2.30. The summed E-state index contributed by atoms with van der Waals surface area (Å²) in [5.41, 5.74) is 0.685. The van der Waals surface area contributed by atoms with E-state index >= 15 is 0 Å². The summed E-state index contributed by atoms with van der Waals surface area (Å²) in [5.74, 6) is -0.482. The summed E-state index contributed by atoms with van der Waals surface area (Å²) in [6, 6.07) is 13.0. The molecule has 0 aromatic heterocycles. The number of para-hydroxylation sites is 1. The van der Waals surface area contributed by atoms with Crippen LogP contribution in [0, 0.1) is 5.82 Å². The zero-order valence-corrected chi connectivity index (χ0v) is 11.5. The van der Waals surface area contributed by atoms with Crippen LogP contribution >= 0.6 is 11.6 Å². The molecule has 20 heavy (non-hydrogen) atoms. The number of carbonyl (C=O) groups excluding carboxylic acids is 1. The van der Waals surface area contributed by atoms with Gasteiger partial charge in [-0.25, -0.2) is 4.39 Å². The molecule has 1 N–H and O–H groups in total. The topological polar surface area (TPSA) is 38.3 Å². The number of carbonyl (C=O) groups is 1. The smallest absolute Gasteiger partial charge is 0.265 e. The van der Waals surface area contributed by atoms with E-state index in [1.165, 1.54) is 18.2 Å². The van der Waals surface area contributed by atoms with Crippen LogP contribution in [0.25, 0.3) is 0 Å². The summed E-state index contributed by atoms with van der Waals surface area (Å²) < 4.78 is 18.4. The predicted octanol–water partition coefficient (Wildman–Crippen LogP) is 3.89. The van der Waals surface area contributed by atoms with Gasteiger partial charge in [0, 0.05) is 11.8 Å². The van der Waals surface area contributed by atoms with Crippen LogP contribution in [-0.2, 0) is 4.79 Å². The van der Waals surface area contributed by atoms with Gasteiger partial charge in [-0.2, -0.15) is 0 Å². The lowest BCUT2D eigenvalue weighted by molar-refractivity contribution is -0.122. The molecule has 0 spiro atoms. The fraction of sp³-hybridized carbons (Fsp3) is 0.133. The van der Waals surface area contributed by atoms with Crippen molar-refractivity contribution in [2.45, 2.75) is 13.0 Å². The Hall–Kier alpha value is -2.07. The van der Waals surface area contributed by atoms with Gasteiger partial charge in [-0.3, -0.25) is 4.79 Å². The Morgan fingerprint density at radius 1 is 1.25 bits per heavy atom. The van der Waals surface area contributed by atoms with E-state index in [9.17, 15) is 9.18 Å². The van der Waals surface area contributed by atoms with Crippen LogP contribution < -0.4 is 10.1 Å². The highest BCUT2D eigenvalue weighted by Crippen LogP contribution is 2.22. The number of amides is 1. The third-order valence-corrected chi connectivity index (χ3v) is 2.90. The van der Waals surface area contributed by atoms with Gasteiger partial charge in [0.15, 0.2) is 6.10 Å². The van der Waals surface area contributed by atoms with Gasteiger partial charge in [-0.05, 0) is 31.2 Å². The molecule has 104 valence electrons. The van der Waals surface area contributed by atoms with Gasteiger partial charge in [-0.15, -0.1) is 0 Å². The summed E-state index contributed by atoms with van der Waals surface area (Å²) in [7, 11) is 0. The van der Waals surface area contributed by atoms with Crippen LogP contribution in [0.2, 0.25) is 5.02 Å². The fourth-order valence-electron chi connectivity index (χ4n) is 1.57. The molecule has 1 unspecified atom stereocenters. The zero-order valence-electron chi connectivity index (χ0n) is 10.8. The maximum absolute atomic E-state index is 13.0. The van der Waals surface area contributed by atoms with Gasteiger partial charge in [0.25, 0.3) is 5.91 Å². The normalized spacial score (nSPS) is 11.8. The number of hydrogen-bond acceptors (Lipinski definition) is 2. The number of rotatable bonds is 4. The van der Waals surface area contributed by atoms with Crippen molar-refractivity contribution in [2.24, 2.45) is 0 Å². The van der Waals surface area contributed by atoms with E-state index in [1.54, 1.807) is 19.1 Å². The first-order chi connectivity index (χ1) is 9.56. The van der Waals surface area contributed by atoms with E-state index in [-0.39, 0.29) is 10.9 Å². The van der Waals surface area contributed by atoms with Crippen molar-refractivity contribution in [3.05, 3.63) is 59.4 Å². The van der Waals surface area contributed by atoms with Gasteiger partial charge in [-0.1, -0.05) is 29.8 Å². The van der Waals surface area contributed by atoms with Crippen molar-refractivity contribution < 1.29 is 13.9 Å². The maximum atomic E-state index is 13.0. The molecule has 0 aliphatic carbocycles. The average Bonchev–Trinajstić information content (AvgIpc) is 2.44. The zero-order chi connectivity index (χ0) is 14.5. The monoisotopic (exact) mass is 293 g/mol. The number of benzene rings is 2. The first-order valence-corrected chi connectivity index (χ1v) is 6.41. The summed E-state index contributed by atoms with van der Waals surface area (Å²) in [4.78, 5) is 11.9. The molecular formula is C15H13ClFNO2. The number of halogens is 2. The highest BCUT2D eigenvalue weighted by atomic mass is 35.5. The Balaban J connectivity index is 1.98. The van der Waals surface area contributed by atoms with E-state index in [0.29, 0.717) is 11.4 Å². The summed E-state index contributed by atoms with van der Waals surface area (Å²) in [6.07, 6.45) is -0.725. The molecule has 0 aliphatic rings. The lowest BCUT2D eigenvalue weighted by atomic mass is 10.3. The highest BCUT2D eigenvalue weighted by Gasteiger charge is 2.15. The van der Waals surface area contributed by atoms with Crippen LogP contribution in [0.1, 0.15) is 6.92 Å². The highest BCUT2D eigenvalue weighted by molar-refractivity contribution is 6.30. The van der Waals surface area contributed by atoms with E-state index in [4.69, 9.17) is 16.3 Å². The molecule has 2 rings (SSSR count). The van der Waals surface area contributed by atoms with E-state index in [2.05, 4.69) is 5.32 Å². The van der Waals surface area contributed by atoms with E-state index in [0.717, 1.165) is 0 Å². The van der Waals surface area contributed by atoms with E-state index < -0.39 is 11.9 Å². The minimum absolute atomic E-state index is 0.0434. The molecule has 0 fully saturated rings. The Morgan fingerprint density at radius 3 is 2.60 bits per heavy atom. The second-order valence-corrected chi connectivity index (χ2v) is 4.60. The van der Waals surface area contributed by atoms with E-state index in [1.807, 2.05) is 18.2 Å². The molecule has 2 aromatic rings. The molecule has 1 atom stereocenters. The third-order valence-electron chi connectivity index (χ3n) is 2.61. The Kier molecular flexibility index (Phi) is 4.58. The third kappa shape index (κ3) is 3.71. The van der Waals surface area contributed by atoms with Crippen LogP contribution in [0.4, 0.5) is 10.1 Å². The summed E-state index contributed by atoms with van der Waals surface area (Å²) >= 11 is 5.65. The first kappa shape index (κ1) is 14.3. The van der Waals surface area contributed by atoms with Gasteiger partial charge in [0.05, 0.1) is 5.02 Å². The number of hydrogen-bond donors (Lipinski definition) is 1. The predicted molar refractivity (Wildman–Crippen MR) is 76.6 cm³/mol. The molecule has 0 bridgehead atoms. The molecule has 3 nitrogen and oxygen atoms in total. The Morgan fingerprint density at radius 2 is 1.95 bits per heavy atom. The second kappa shape index (κ2) is 6.39. The molecule has 1 amide bonds. The quantitative estimate of drug-likeness (QED) is 0.929. The first-order valence-electron chi connectivity index (χ1n) is 6.04. The lowest BCUT2D eigenvalue weighted by Gasteiger charge is -2.15. The number of anilines is 1. The fourth-order valence-corrected chi connectivity index (χ4v) is 1.74. The molecule has 0 heterocycles. The Bertz CT molecular complexity index is 604. The SMILES string of the molecule is CC(Oc1ccc(F)c(Cl)c1)C(=O)Nc1ccccc1. The number of ether oxygens (including phenoxy) is 1. The summed E-state index contributed by atoms with van der Waals surface area (Å²) in [5, 5.41) is 2.67. The summed E-state index contributed by atoms with van der Waals surface area (Å²) in [6.45, 7) is 1.61. The van der Waals surface area contributed by atoms with Crippen molar-refractivity contribution in [2.75, 3.05) is 5.32 Å². The standard InChI is InChI=1S/C15H13ClFNO2/c1-10(15(19)18-11-5-3-2-4-6-11)20-12-7-8-14(17)13(16)9-12/h2-10H,1H3,(H,18,19). The van der Waals surface area contributed by atoms with Gasteiger partial charge >= 0.3 is 0 Å². The van der Waals surface area contributed by atoms with Gasteiger partial charge < -0.3 is 10.1 Å². The molecular weight excluding hydrogens is 281 g/mol. The minimum atomic E-state index is -0.725. The van der Waals surface area contributed by atoms with Crippen LogP contribution in [0.3, 0.4) is 0 Å². The van der Waals surface area contributed by atoms with Crippen molar-refractivity contribution in [1.82, 2.24) is 0 Å². The van der Waals surface area contributed by atoms with Crippen molar-refractivity contribution >= 4 is 23.2 Å². The molecule has 0 radical (unpaired) electrons. The minimum Gasteiger partial charge on any atom is -0.481 e. The second-order valence-electron chi connectivity index (χ2n) is 4.19. The van der Waals surface area contributed by atoms with Crippen LogP contribution in [0.15, 0.2) is 48.5 Å². The van der Waals surface area contributed by atoms with Crippen LogP contribution in [-0.4, -0.2) is 12.0 Å². The van der Waals surface area contributed by atoms with Gasteiger partial charge in [0.2, 0.25) is 0 Å². The van der Waals surface area contributed by atoms with Crippen molar-refractivity contribution in [3.63, 3.8) is 0 Å². The maximum Gasteiger partial charge on any atom is 0.265 e. The van der Waals surface area contributed by atoms with Gasteiger partial charge in [0.1, 0.15) is 11.6 Å². The number of nitrogens with one attached hydrogen (secondary N) is 1. The van der Waals surface area contributed by atoms with Crippen molar-refractivity contribution in [3.8, 4) is 5.75 Å². The molecule has 5 heteroatoms. The Labute approximate surface area is 121 Å². The largest absolute Gasteiger partial charge is 0.481 e.